The lowest BCUT2D eigenvalue weighted by Gasteiger charge is -2.15. The summed E-state index contributed by atoms with van der Waals surface area (Å²) < 4.78 is 5.61. The molecule has 0 aromatic rings. The van der Waals surface area contributed by atoms with E-state index in [4.69, 9.17) is 10.5 Å². The SMILES string of the molecule is CCCCOC[C@H]1C[C@]1(CN)NCC. The second-order valence-corrected chi connectivity index (χ2v) is 4.22. The molecule has 0 aromatic heterocycles. The van der Waals surface area contributed by atoms with E-state index in [-0.39, 0.29) is 5.54 Å². The molecule has 3 nitrogen and oxygen atoms in total. The summed E-state index contributed by atoms with van der Waals surface area (Å²) in [7, 11) is 0. The van der Waals surface area contributed by atoms with Gasteiger partial charge in [-0.05, 0) is 19.4 Å². The molecular weight excluding hydrogens is 176 g/mol. The van der Waals surface area contributed by atoms with Crippen LogP contribution in [0.2, 0.25) is 0 Å². The van der Waals surface area contributed by atoms with Crippen molar-refractivity contribution >= 4 is 0 Å². The van der Waals surface area contributed by atoms with Crippen LogP contribution in [0.15, 0.2) is 0 Å². The van der Waals surface area contributed by atoms with Crippen molar-refractivity contribution in [2.24, 2.45) is 11.7 Å². The summed E-state index contributed by atoms with van der Waals surface area (Å²) in [4.78, 5) is 0. The summed E-state index contributed by atoms with van der Waals surface area (Å²) in [5.74, 6) is 0.643. The molecule has 3 heteroatoms. The summed E-state index contributed by atoms with van der Waals surface area (Å²) in [6, 6.07) is 0. The molecular formula is C11H24N2O. The van der Waals surface area contributed by atoms with E-state index in [0.29, 0.717) is 5.92 Å². The van der Waals surface area contributed by atoms with Crippen LogP contribution in [0.1, 0.15) is 33.1 Å². The van der Waals surface area contributed by atoms with Crippen molar-refractivity contribution in [3.05, 3.63) is 0 Å². The van der Waals surface area contributed by atoms with Gasteiger partial charge in [-0.25, -0.2) is 0 Å². The first-order valence-corrected chi connectivity index (χ1v) is 5.82. The van der Waals surface area contributed by atoms with Crippen molar-refractivity contribution in [3.63, 3.8) is 0 Å². The Morgan fingerprint density at radius 3 is 2.86 bits per heavy atom. The monoisotopic (exact) mass is 200 g/mol. The van der Waals surface area contributed by atoms with Gasteiger partial charge in [-0.2, -0.15) is 0 Å². The number of rotatable bonds is 8. The van der Waals surface area contributed by atoms with Crippen molar-refractivity contribution < 1.29 is 4.74 Å². The topological polar surface area (TPSA) is 47.3 Å². The molecule has 0 bridgehead atoms. The summed E-state index contributed by atoms with van der Waals surface area (Å²) in [6.45, 7) is 7.84. The zero-order chi connectivity index (χ0) is 10.4. The Hall–Kier alpha value is -0.120. The van der Waals surface area contributed by atoms with E-state index in [1.54, 1.807) is 0 Å². The first kappa shape index (κ1) is 12.0. The molecule has 3 N–H and O–H groups in total. The number of nitrogens with one attached hydrogen (secondary N) is 1. The third-order valence-electron chi connectivity index (χ3n) is 3.09. The van der Waals surface area contributed by atoms with Crippen molar-refractivity contribution in [2.45, 2.75) is 38.6 Å². The van der Waals surface area contributed by atoms with Crippen molar-refractivity contribution in [2.75, 3.05) is 26.3 Å². The van der Waals surface area contributed by atoms with Gasteiger partial charge in [0.05, 0.1) is 6.61 Å². The predicted octanol–water partition coefficient (Wildman–Crippen LogP) is 1.13. The van der Waals surface area contributed by atoms with Crippen LogP contribution in [0, 0.1) is 5.92 Å². The highest BCUT2D eigenvalue weighted by Gasteiger charge is 2.52. The number of hydrogen-bond acceptors (Lipinski definition) is 3. The molecule has 0 amide bonds. The van der Waals surface area contributed by atoms with Gasteiger partial charge in [0.25, 0.3) is 0 Å². The fourth-order valence-corrected chi connectivity index (χ4v) is 1.96. The second-order valence-electron chi connectivity index (χ2n) is 4.22. The Balaban J connectivity index is 2.10. The number of likely N-dealkylation sites (N-methyl/N-ethyl adjacent to an activating group) is 1. The Kier molecular flexibility index (Phi) is 4.85. The first-order chi connectivity index (χ1) is 6.79. The lowest BCUT2D eigenvalue weighted by molar-refractivity contribution is 0.115. The number of ether oxygens (including phenoxy) is 1. The molecule has 84 valence electrons. The van der Waals surface area contributed by atoms with E-state index < -0.39 is 0 Å². The van der Waals surface area contributed by atoms with Gasteiger partial charge in [0, 0.05) is 24.6 Å². The minimum Gasteiger partial charge on any atom is -0.381 e. The Labute approximate surface area is 87.4 Å². The number of unbranched alkanes of at least 4 members (excludes halogenated alkanes) is 1. The molecule has 0 heterocycles. The van der Waals surface area contributed by atoms with Gasteiger partial charge in [-0.15, -0.1) is 0 Å². The van der Waals surface area contributed by atoms with Gasteiger partial charge < -0.3 is 15.8 Å². The fraction of sp³-hybridized carbons (Fsp3) is 1.00. The summed E-state index contributed by atoms with van der Waals surface area (Å²) in [5.41, 5.74) is 5.97. The van der Waals surface area contributed by atoms with Gasteiger partial charge in [0.1, 0.15) is 0 Å². The van der Waals surface area contributed by atoms with Crippen LogP contribution >= 0.6 is 0 Å². The minimum atomic E-state index is 0.209. The van der Waals surface area contributed by atoms with E-state index in [2.05, 4.69) is 19.2 Å². The van der Waals surface area contributed by atoms with Crippen LogP contribution in [0.5, 0.6) is 0 Å². The Bertz CT molecular complexity index is 163. The standard InChI is InChI=1S/C11H24N2O/c1-3-5-6-14-8-10-7-11(10,9-12)13-4-2/h10,13H,3-9,12H2,1-2H3/t10-,11-/m1/s1. The molecule has 1 aliphatic rings. The average Bonchev–Trinajstić information content (AvgIpc) is 2.88. The van der Waals surface area contributed by atoms with E-state index in [1.807, 2.05) is 0 Å². The molecule has 14 heavy (non-hydrogen) atoms. The molecule has 1 aliphatic carbocycles. The van der Waals surface area contributed by atoms with Crippen LogP contribution in [0.25, 0.3) is 0 Å². The smallest absolute Gasteiger partial charge is 0.0513 e. The molecule has 1 fully saturated rings. The largest absolute Gasteiger partial charge is 0.381 e. The quantitative estimate of drug-likeness (QED) is 0.577. The molecule has 1 saturated carbocycles. The molecule has 0 radical (unpaired) electrons. The van der Waals surface area contributed by atoms with Crippen molar-refractivity contribution in [1.82, 2.24) is 5.32 Å². The Morgan fingerprint density at radius 2 is 2.29 bits per heavy atom. The van der Waals surface area contributed by atoms with Gasteiger partial charge >= 0.3 is 0 Å². The third kappa shape index (κ3) is 2.94. The summed E-state index contributed by atoms with van der Waals surface area (Å²) in [6.07, 6.45) is 3.56. The van der Waals surface area contributed by atoms with E-state index >= 15 is 0 Å². The van der Waals surface area contributed by atoms with Crippen LogP contribution < -0.4 is 11.1 Å². The Morgan fingerprint density at radius 1 is 1.50 bits per heavy atom. The predicted molar refractivity (Wildman–Crippen MR) is 59.3 cm³/mol. The highest BCUT2D eigenvalue weighted by Crippen LogP contribution is 2.42. The zero-order valence-corrected chi connectivity index (χ0v) is 9.51. The number of nitrogens with two attached hydrogens (primary N) is 1. The maximum absolute atomic E-state index is 5.76. The van der Waals surface area contributed by atoms with Crippen molar-refractivity contribution in [3.8, 4) is 0 Å². The maximum atomic E-state index is 5.76. The van der Waals surface area contributed by atoms with Gasteiger partial charge in [-0.3, -0.25) is 0 Å². The zero-order valence-electron chi connectivity index (χ0n) is 9.51. The lowest BCUT2D eigenvalue weighted by Crippen LogP contribution is -2.41. The minimum absolute atomic E-state index is 0.209. The van der Waals surface area contributed by atoms with Gasteiger partial charge in [0.2, 0.25) is 0 Å². The second kappa shape index (κ2) is 5.69. The fourth-order valence-electron chi connectivity index (χ4n) is 1.96. The van der Waals surface area contributed by atoms with Crippen LogP contribution in [0.3, 0.4) is 0 Å². The van der Waals surface area contributed by atoms with E-state index in [0.717, 1.165) is 26.3 Å². The average molecular weight is 200 g/mol. The molecule has 2 atom stereocenters. The normalized spacial score (nSPS) is 30.6. The van der Waals surface area contributed by atoms with Gasteiger partial charge in [-0.1, -0.05) is 20.3 Å². The van der Waals surface area contributed by atoms with E-state index in [1.165, 1.54) is 19.3 Å². The maximum Gasteiger partial charge on any atom is 0.0513 e. The number of hydrogen-bond donors (Lipinski definition) is 2. The molecule has 0 aliphatic heterocycles. The highest BCUT2D eigenvalue weighted by molar-refractivity contribution is 5.10. The molecule has 0 aromatic carbocycles. The summed E-state index contributed by atoms with van der Waals surface area (Å²) in [5, 5.41) is 3.47. The first-order valence-electron chi connectivity index (χ1n) is 5.82. The molecule has 0 spiro atoms. The molecule has 0 unspecified atom stereocenters. The van der Waals surface area contributed by atoms with Gasteiger partial charge in [0.15, 0.2) is 0 Å². The lowest BCUT2D eigenvalue weighted by atomic mass is 10.2. The van der Waals surface area contributed by atoms with Crippen molar-refractivity contribution in [1.29, 1.82) is 0 Å². The van der Waals surface area contributed by atoms with E-state index in [9.17, 15) is 0 Å². The summed E-state index contributed by atoms with van der Waals surface area (Å²) >= 11 is 0. The van der Waals surface area contributed by atoms with Crippen LogP contribution in [-0.2, 0) is 4.74 Å². The highest BCUT2D eigenvalue weighted by atomic mass is 16.5. The molecule has 0 saturated heterocycles. The van der Waals surface area contributed by atoms with Crippen LogP contribution in [0.4, 0.5) is 0 Å². The third-order valence-corrected chi connectivity index (χ3v) is 3.09. The molecule has 1 rings (SSSR count). The van der Waals surface area contributed by atoms with Crippen LogP contribution in [-0.4, -0.2) is 31.8 Å².